The first-order valence-corrected chi connectivity index (χ1v) is 9.58. The molecule has 1 N–H and O–H groups in total. The molecule has 29 heavy (non-hydrogen) atoms. The second-order valence-corrected chi connectivity index (χ2v) is 6.77. The Bertz CT molecular complexity index is 1220. The van der Waals surface area contributed by atoms with Gasteiger partial charge in [-0.1, -0.05) is 43.3 Å². The molecule has 0 bridgehead atoms. The van der Waals surface area contributed by atoms with Gasteiger partial charge in [-0.15, -0.1) is 0 Å². The van der Waals surface area contributed by atoms with E-state index in [1.54, 1.807) is 12.1 Å². The predicted molar refractivity (Wildman–Crippen MR) is 113 cm³/mol. The van der Waals surface area contributed by atoms with Crippen molar-refractivity contribution in [1.82, 2.24) is 0 Å². The van der Waals surface area contributed by atoms with Crippen LogP contribution in [0.5, 0.6) is 0 Å². The first-order valence-electron chi connectivity index (χ1n) is 9.58. The van der Waals surface area contributed by atoms with Gasteiger partial charge in [0.1, 0.15) is 11.3 Å². The predicted octanol–water partition coefficient (Wildman–Crippen LogP) is 3.76. The highest BCUT2D eigenvalue weighted by Crippen LogP contribution is 2.22. The van der Waals surface area contributed by atoms with Crippen LogP contribution in [0.15, 0.2) is 83.3 Å². The van der Waals surface area contributed by atoms with Gasteiger partial charge in [0.05, 0.1) is 24.1 Å². The van der Waals surface area contributed by atoms with E-state index in [0.29, 0.717) is 5.56 Å². The lowest BCUT2D eigenvalue weighted by molar-refractivity contribution is -0.400. The smallest absolute Gasteiger partial charge is 0.337 e. The SMILES string of the molecule is CCc1ccc2oc(-c3ccccc3)cc(=[NH+]c3ccc(C(=O)OC)cc3)c2c1. The van der Waals surface area contributed by atoms with Crippen molar-refractivity contribution in [2.45, 2.75) is 13.3 Å². The third kappa shape index (κ3) is 3.97. The molecule has 1 heterocycles. The Morgan fingerprint density at radius 3 is 2.41 bits per heavy atom. The van der Waals surface area contributed by atoms with Crippen molar-refractivity contribution in [3.05, 3.63) is 95.3 Å². The number of nitrogens with one attached hydrogen (secondary N) is 1. The number of rotatable bonds is 4. The lowest BCUT2D eigenvalue weighted by atomic mass is 10.1. The first kappa shape index (κ1) is 18.7. The summed E-state index contributed by atoms with van der Waals surface area (Å²) in [5.74, 6) is 0.440. The second kappa shape index (κ2) is 8.15. The molecule has 144 valence electrons. The van der Waals surface area contributed by atoms with Gasteiger partial charge in [0.25, 0.3) is 0 Å². The van der Waals surface area contributed by atoms with E-state index in [1.165, 1.54) is 12.7 Å². The van der Waals surface area contributed by atoms with Crippen LogP contribution in [0.25, 0.3) is 22.3 Å². The van der Waals surface area contributed by atoms with E-state index in [9.17, 15) is 4.79 Å². The molecule has 0 atom stereocenters. The van der Waals surface area contributed by atoms with Crippen LogP contribution in [0.1, 0.15) is 22.8 Å². The molecule has 0 aliphatic heterocycles. The summed E-state index contributed by atoms with van der Waals surface area (Å²) in [4.78, 5) is 15.2. The summed E-state index contributed by atoms with van der Waals surface area (Å²) in [7, 11) is 1.38. The van der Waals surface area contributed by atoms with E-state index < -0.39 is 0 Å². The maximum absolute atomic E-state index is 11.7. The average Bonchev–Trinajstić information content (AvgIpc) is 2.79. The molecule has 0 aliphatic rings. The number of carbonyl (C=O) groups excluding carboxylic acids is 1. The molecule has 4 heteroatoms. The van der Waals surface area contributed by atoms with E-state index in [2.05, 4.69) is 24.0 Å². The van der Waals surface area contributed by atoms with Gasteiger partial charge in [-0.25, -0.2) is 9.79 Å². The molecule has 0 saturated carbocycles. The van der Waals surface area contributed by atoms with Gasteiger partial charge >= 0.3 is 5.97 Å². The summed E-state index contributed by atoms with van der Waals surface area (Å²) < 4.78 is 11.0. The van der Waals surface area contributed by atoms with Crippen molar-refractivity contribution >= 4 is 22.6 Å². The van der Waals surface area contributed by atoms with Crippen LogP contribution in [0.2, 0.25) is 0 Å². The minimum Gasteiger partial charge on any atom is -0.465 e. The largest absolute Gasteiger partial charge is 0.465 e. The number of fused-ring (bicyclic) bond motifs is 1. The number of hydrogen-bond acceptors (Lipinski definition) is 3. The fraction of sp³-hybridized carbons (Fsp3) is 0.120. The molecule has 0 unspecified atom stereocenters. The Balaban J connectivity index is 1.90. The number of methoxy groups -OCH3 is 1. The Kier molecular flexibility index (Phi) is 5.25. The van der Waals surface area contributed by atoms with Crippen LogP contribution in [-0.2, 0) is 11.2 Å². The zero-order valence-electron chi connectivity index (χ0n) is 16.4. The highest BCUT2D eigenvalue weighted by Gasteiger charge is 2.11. The summed E-state index contributed by atoms with van der Waals surface area (Å²) in [5.41, 5.74) is 4.47. The lowest BCUT2D eigenvalue weighted by Gasteiger charge is -2.04. The molecule has 0 saturated heterocycles. The fourth-order valence-electron chi connectivity index (χ4n) is 3.26. The summed E-state index contributed by atoms with van der Waals surface area (Å²) in [6, 6.07) is 25.5. The monoisotopic (exact) mass is 384 g/mol. The number of hydrogen-bond donors (Lipinski definition) is 1. The third-order valence-corrected chi connectivity index (χ3v) is 4.88. The van der Waals surface area contributed by atoms with Crippen LogP contribution in [0.4, 0.5) is 5.69 Å². The molecule has 0 fully saturated rings. The molecule has 0 aliphatic carbocycles. The number of ether oxygens (including phenoxy) is 1. The Morgan fingerprint density at radius 2 is 1.72 bits per heavy atom. The molecule has 0 amide bonds. The molecule has 3 aromatic carbocycles. The van der Waals surface area contributed by atoms with Crippen LogP contribution >= 0.6 is 0 Å². The average molecular weight is 384 g/mol. The van der Waals surface area contributed by atoms with E-state index in [4.69, 9.17) is 9.15 Å². The van der Waals surface area contributed by atoms with Crippen molar-refractivity contribution in [2.75, 3.05) is 7.11 Å². The molecule has 0 spiro atoms. The van der Waals surface area contributed by atoms with Crippen LogP contribution in [-0.4, -0.2) is 13.1 Å². The maximum Gasteiger partial charge on any atom is 0.337 e. The highest BCUT2D eigenvalue weighted by molar-refractivity contribution is 5.89. The molecule has 4 aromatic rings. The van der Waals surface area contributed by atoms with Crippen LogP contribution in [0, 0.1) is 0 Å². The van der Waals surface area contributed by atoms with Gasteiger partial charge in [0, 0.05) is 17.7 Å². The Labute approximate surface area is 169 Å². The second-order valence-electron chi connectivity index (χ2n) is 6.77. The van der Waals surface area contributed by atoms with Gasteiger partial charge in [-0.2, -0.15) is 0 Å². The topological polar surface area (TPSA) is 53.4 Å². The van der Waals surface area contributed by atoms with E-state index in [1.807, 2.05) is 54.6 Å². The fourth-order valence-corrected chi connectivity index (χ4v) is 3.26. The van der Waals surface area contributed by atoms with Crippen molar-refractivity contribution in [3.63, 3.8) is 0 Å². The van der Waals surface area contributed by atoms with Crippen molar-refractivity contribution < 1.29 is 18.9 Å². The molecule has 4 nitrogen and oxygen atoms in total. The highest BCUT2D eigenvalue weighted by atomic mass is 16.5. The summed E-state index contributed by atoms with van der Waals surface area (Å²) in [6.07, 6.45) is 0.948. The Hall–Kier alpha value is -3.66. The van der Waals surface area contributed by atoms with Crippen LogP contribution < -0.4 is 10.3 Å². The van der Waals surface area contributed by atoms with Crippen molar-refractivity contribution in [1.29, 1.82) is 0 Å². The van der Waals surface area contributed by atoms with Gasteiger partial charge in [-0.05, 0) is 36.2 Å². The quantitative estimate of drug-likeness (QED) is 0.545. The lowest BCUT2D eigenvalue weighted by Crippen LogP contribution is -2.70. The number of esters is 1. The zero-order valence-corrected chi connectivity index (χ0v) is 16.4. The minimum atomic E-state index is -0.348. The standard InChI is InChI=1S/C25H21NO3/c1-3-17-9-14-23-21(15-17)22(16-24(29-23)18-7-5-4-6-8-18)26-20-12-10-19(11-13-20)25(27)28-2/h4-16H,3H2,1-2H3/p+1. The summed E-state index contributed by atoms with van der Waals surface area (Å²) >= 11 is 0. The van der Waals surface area contributed by atoms with Crippen molar-refractivity contribution in [2.24, 2.45) is 0 Å². The van der Waals surface area contributed by atoms with Gasteiger partial charge in [0.2, 0.25) is 11.0 Å². The molecule has 4 rings (SSSR count). The van der Waals surface area contributed by atoms with E-state index in [0.717, 1.165) is 39.8 Å². The number of benzene rings is 3. The third-order valence-electron chi connectivity index (χ3n) is 4.88. The summed E-state index contributed by atoms with van der Waals surface area (Å²) in [5, 5.41) is 1.97. The van der Waals surface area contributed by atoms with Gasteiger partial charge in [0.15, 0.2) is 0 Å². The van der Waals surface area contributed by atoms with Gasteiger partial charge < -0.3 is 9.15 Å². The molecular formula is C25H22NO3+. The normalized spacial score (nSPS) is 11.6. The zero-order chi connectivity index (χ0) is 20.2. The molecular weight excluding hydrogens is 362 g/mol. The first-order chi connectivity index (χ1) is 14.2. The minimum absolute atomic E-state index is 0.348. The molecule has 0 radical (unpaired) electrons. The summed E-state index contributed by atoms with van der Waals surface area (Å²) in [6.45, 7) is 2.13. The van der Waals surface area contributed by atoms with Crippen molar-refractivity contribution in [3.8, 4) is 11.3 Å². The van der Waals surface area contributed by atoms with Crippen LogP contribution in [0.3, 0.4) is 0 Å². The number of aryl methyl sites for hydroxylation is 1. The number of carbonyl (C=O) groups is 1. The van der Waals surface area contributed by atoms with Gasteiger partial charge in [-0.3, -0.25) is 0 Å². The Morgan fingerprint density at radius 1 is 0.966 bits per heavy atom. The van der Waals surface area contributed by atoms with E-state index in [-0.39, 0.29) is 5.97 Å². The van der Waals surface area contributed by atoms with E-state index >= 15 is 0 Å². The molecule has 1 aromatic heterocycles. The maximum atomic E-state index is 11.7.